The van der Waals surface area contributed by atoms with Gasteiger partial charge in [0.05, 0.1) is 6.04 Å². The van der Waals surface area contributed by atoms with Crippen LogP contribution in [0.1, 0.15) is 56.3 Å². The van der Waals surface area contributed by atoms with Gasteiger partial charge in [0.2, 0.25) is 0 Å². The molecule has 19 heavy (non-hydrogen) atoms. The first-order valence-corrected chi connectivity index (χ1v) is 7.14. The summed E-state index contributed by atoms with van der Waals surface area (Å²) >= 11 is 0. The number of benzene rings is 1. The second-order valence-electron chi connectivity index (χ2n) is 4.96. The van der Waals surface area contributed by atoms with Gasteiger partial charge in [0, 0.05) is 0 Å². The number of aliphatic imine (C=N–C) groups is 1. The molecule has 0 radical (unpaired) electrons. The normalized spacial score (nSPS) is 18.7. The fourth-order valence-corrected chi connectivity index (χ4v) is 2.40. The van der Waals surface area contributed by atoms with Crippen LogP contribution in [0.2, 0.25) is 0 Å². The summed E-state index contributed by atoms with van der Waals surface area (Å²) in [6.07, 6.45) is 4.11. The van der Waals surface area contributed by atoms with Crippen LogP contribution < -0.4 is 5.73 Å². The van der Waals surface area contributed by atoms with Gasteiger partial charge in [0.25, 0.3) is 0 Å². The van der Waals surface area contributed by atoms with Crippen molar-refractivity contribution in [1.29, 1.82) is 0 Å². The van der Waals surface area contributed by atoms with Crippen molar-refractivity contribution < 1.29 is 0 Å². The lowest BCUT2D eigenvalue weighted by Gasteiger charge is -2.15. The van der Waals surface area contributed by atoms with Gasteiger partial charge in [0.1, 0.15) is 5.84 Å². The molecule has 0 aromatic heterocycles. The monoisotopic (exact) mass is 258 g/mol. The Morgan fingerprint density at radius 2 is 1.84 bits per heavy atom. The lowest BCUT2D eigenvalue weighted by molar-refractivity contribution is 0.653. The van der Waals surface area contributed by atoms with Gasteiger partial charge < -0.3 is 5.73 Å². The van der Waals surface area contributed by atoms with E-state index in [1.165, 1.54) is 22.3 Å². The predicted molar refractivity (Wildman–Crippen MR) is 84.6 cm³/mol. The first kappa shape index (κ1) is 15.5. The molecule has 0 amide bonds. The smallest absolute Gasteiger partial charge is 0.118 e. The molecular weight excluding hydrogens is 232 g/mol. The highest BCUT2D eigenvalue weighted by Crippen LogP contribution is 2.29. The average molecular weight is 258 g/mol. The molecule has 1 unspecified atom stereocenters. The Labute approximate surface area is 117 Å². The van der Waals surface area contributed by atoms with Gasteiger partial charge in [-0.05, 0) is 50.8 Å². The van der Waals surface area contributed by atoms with E-state index >= 15 is 0 Å². The highest BCUT2D eigenvalue weighted by atomic mass is 14.9. The molecule has 0 aliphatic carbocycles. The molecule has 0 saturated carbocycles. The molecule has 0 spiro atoms. The Hall–Kier alpha value is -1.57. The standard InChI is InChI=1S/C15H20N2.C2H6/c1-10-4-6-13(12(3)8-10)14-7-5-11(2)9-15(16)17-14;1-2/h4,6,8-9,14H,5,7H2,1-3H3,(H2,16,17);1-2H3. The van der Waals surface area contributed by atoms with Crippen molar-refractivity contribution in [1.82, 2.24) is 0 Å². The number of allylic oxidation sites excluding steroid dienone is 1. The minimum atomic E-state index is 0.212. The Kier molecular flexibility index (Phi) is 5.81. The maximum absolute atomic E-state index is 5.91. The zero-order valence-electron chi connectivity index (χ0n) is 12.8. The third-order valence-corrected chi connectivity index (χ3v) is 3.30. The Morgan fingerprint density at radius 3 is 2.47 bits per heavy atom. The number of aryl methyl sites for hydroxylation is 2. The highest BCUT2D eigenvalue weighted by molar-refractivity contribution is 5.92. The number of hydrogen-bond acceptors (Lipinski definition) is 2. The molecule has 0 bridgehead atoms. The summed E-state index contributed by atoms with van der Waals surface area (Å²) in [5.74, 6) is 0.657. The van der Waals surface area contributed by atoms with Crippen LogP contribution in [0, 0.1) is 13.8 Å². The lowest BCUT2D eigenvalue weighted by atomic mass is 9.96. The van der Waals surface area contributed by atoms with Crippen LogP contribution in [-0.2, 0) is 0 Å². The molecule has 1 atom stereocenters. The van der Waals surface area contributed by atoms with Gasteiger partial charge in [-0.2, -0.15) is 0 Å². The van der Waals surface area contributed by atoms with Crippen LogP contribution in [0.15, 0.2) is 34.8 Å². The summed E-state index contributed by atoms with van der Waals surface area (Å²) in [6.45, 7) is 10.4. The Bertz CT molecular complexity index is 484. The van der Waals surface area contributed by atoms with Gasteiger partial charge in [-0.3, -0.25) is 4.99 Å². The Balaban J connectivity index is 0.000000861. The predicted octanol–water partition coefficient (Wildman–Crippen LogP) is 4.47. The van der Waals surface area contributed by atoms with E-state index in [0.717, 1.165) is 12.8 Å². The van der Waals surface area contributed by atoms with Crippen LogP contribution in [-0.4, -0.2) is 5.84 Å². The fourth-order valence-electron chi connectivity index (χ4n) is 2.40. The van der Waals surface area contributed by atoms with E-state index in [4.69, 9.17) is 5.73 Å². The summed E-state index contributed by atoms with van der Waals surface area (Å²) in [6, 6.07) is 6.77. The number of amidine groups is 1. The molecule has 2 nitrogen and oxygen atoms in total. The summed E-state index contributed by atoms with van der Waals surface area (Å²) in [5, 5.41) is 0. The second kappa shape index (κ2) is 7.13. The zero-order valence-corrected chi connectivity index (χ0v) is 12.8. The lowest BCUT2D eigenvalue weighted by Crippen LogP contribution is -2.09. The number of nitrogens with zero attached hydrogens (tertiary/aromatic N) is 1. The van der Waals surface area contributed by atoms with Crippen LogP contribution in [0.25, 0.3) is 0 Å². The molecule has 1 aliphatic rings. The molecule has 2 heteroatoms. The van der Waals surface area contributed by atoms with Gasteiger partial charge in [-0.1, -0.05) is 43.2 Å². The first-order valence-electron chi connectivity index (χ1n) is 7.14. The van der Waals surface area contributed by atoms with Crippen molar-refractivity contribution in [2.45, 2.75) is 53.5 Å². The molecule has 1 aliphatic heterocycles. The van der Waals surface area contributed by atoms with Crippen LogP contribution in [0.3, 0.4) is 0 Å². The average Bonchev–Trinajstić information content (AvgIpc) is 2.53. The van der Waals surface area contributed by atoms with Crippen LogP contribution in [0.4, 0.5) is 0 Å². The van der Waals surface area contributed by atoms with E-state index < -0.39 is 0 Å². The minimum absolute atomic E-state index is 0.212. The van der Waals surface area contributed by atoms with E-state index in [9.17, 15) is 0 Å². The first-order chi connectivity index (χ1) is 9.06. The summed E-state index contributed by atoms with van der Waals surface area (Å²) < 4.78 is 0. The van der Waals surface area contributed by atoms with Gasteiger partial charge >= 0.3 is 0 Å². The highest BCUT2D eigenvalue weighted by Gasteiger charge is 2.15. The van der Waals surface area contributed by atoms with Crippen LogP contribution >= 0.6 is 0 Å². The van der Waals surface area contributed by atoms with Crippen molar-refractivity contribution >= 4 is 5.84 Å². The molecule has 1 heterocycles. The largest absolute Gasteiger partial charge is 0.384 e. The van der Waals surface area contributed by atoms with E-state index in [1.54, 1.807) is 0 Å². The third-order valence-electron chi connectivity index (χ3n) is 3.30. The molecule has 2 rings (SSSR count). The number of rotatable bonds is 1. The molecule has 0 saturated heterocycles. The third kappa shape index (κ3) is 4.23. The maximum atomic E-state index is 5.91. The zero-order chi connectivity index (χ0) is 14.4. The van der Waals surface area contributed by atoms with E-state index in [-0.39, 0.29) is 6.04 Å². The van der Waals surface area contributed by atoms with Gasteiger partial charge in [-0.25, -0.2) is 0 Å². The SMILES string of the molecule is CC.CC1=CC(N)=NC(c2ccc(C)cc2C)CC1. The van der Waals surface area contributed by atoms with Crippen molar-refractivity contribution in [2.75, 3.05) is 0 Å². The molecule has 0 fully saturated rings. The quantitative estimate of drug-likeness (QED) is 0.793. The second-order valence-corrected chi connectivity index (χ2v) is 4.96. The molecule has 1 aromatic rings. The van der Waals surface area contributed by atoms with Gasteiger partial charge in [0.15, 0.2) is 0 Å². The van der Waals surface area contributed by atoms with Crippen molar-refractivity contribution in [3.8, 4) is 0 Å². The van der Waals surface area contributed by atoms with Crippen molar-refractivity contribution in [2.24, 2.45) is 10.7 Å². The maximum Gasteiger partial charge on any atom is 0.118 e. The van der Waals surface area contributed by atoms with Crippen molar-refractivity contribution in [3.63, 3.8) is 0 Å². The summed E-state index contributed by atoms with van der Waals surface area (Å²) in [4.78, 5) is 4.61. The fraction of sp³-hybridized carbons (Fsp3) is 0.471. The van der Waals surface area contributed by atoms with Gasteiger partial charge in [-0.15, -0.1) is 0 Å². The molecule has 104 valence electrons. The van der Waals surface area contributed by atoms with E-state index in [0.29, 0.717) is 5.84 Å². The minimum Gasteiger partial charge on any atom is -0.384 e. The molecular formula is C17H26N2. The van der Waals surface area contributed by atoms with E-state index in [1.807, 2.05) is 19.9 Å². The summed E-state index contributed by atoms with van der Waals surface area (Å²) in [7, 11) is 0. The Morgan fingerprint density at radius 1 is 1.16 bits per heavy atom. The van der Waals surface area contributed by atoms with E-state index in [2.05, 4.69) is 44.0 Å². The van der Waals surface area contributed by atoms with Crippen LogP contribution in [0.5, 0.6) is 0 Å². The molecule has 1 aromatic carbocycles. The number of hydrogen-bond donors (Lipinski definition) is 1. The van der Waals surface area contributed by atoms with Crippen molar-refractivity contribution in [3.05, 3.63) is 46.5 Å². The summed E-state index contributed by atoms with van der Waals surface area (Å²) in [5.41, 5.74) is 11.1. The topological polar surface area (TPSA) is 38.4 Å². The number of nitrogens with two attached hydrogens (primary N) is 1. The molecule has 2 N–H and O–H groups in total.